The molecule has 0 atom stereocenters. The summed E-state index contributed by atoms with van der Waals surface area (Å²) in [6, 6.07) is 21.5. The maximum Gasteiger partial charge on any atom is 0.124 e. The van der Waals surface area contributed by atoms with Crippen molar-refractivity contribution in [3.05, 3.63) is 82.3 Å². The number of halogens is 2. The smallest absolute Gasteiger partial charge is 0.124 e. The first-order valence-electron chi connectivity index (χ1n) is 7.72. The largest absolute Gasteiger partial charge is 0.489 e. The molecule has 0 fully saturated rings. The van der Waals surface area contributed by atoms with Crippen molar-refractivity contribution in [1.82, 2.24) is 4.98 Å². The Morgan fingerprint density at radius 2 is 1.72 bits per heavy atom. The highest BCUT2D eigenvalue weighted by Crippen LogP contribution is 2.31. The molecule has 2 nitrogen and oxygen atoms in total. The molecule has 0 unspecified atom stereocenters. The third-order valence-electron chi connectivity index (χ3n) is 3.80. The molecule has 0 spiro atoms. The van der Waals surface area contributed by atoms with Gasteiger partial charge in [-0.25, -0.2) is 4.98 Å². The van der Waals surface area contributed by atoms with E-state index < -0.39 is 0 Å². The molecule has 0 aliphatic rings. The van der Waals surface area contributed by atoms with Crippen LogP contribution in [-0.2, 0) is 6.61 Å². The van der Waals surface area contributed by atoms with Crippen LogP contribution in [0.2, 0.25) is 10.0 Å². The van der Waals surface area contributed by atoms with Crippen LogP contribution in [0.3, 0.4) is 0 Å². The lowest BCUT2D eigenvalue weighted by Crippen LogP contribution is -1.96. The van der Waals surface area contributed by atoms with Gasteiger partial charge in [-0.05, 0) is 48.5 Å². The number of benzene rings is 3. The summed E-state index contributed by atoms with van der Waals surface area (Å²) in [7, 11) is 0. The van der Waals surface area contributed by atoms with E-state index in [1.165, 1.54) is 4.70 Å². The van der Waals surface area contributed by atoms with Gasteiger partial charge in [-0.1, -0.05) is 41.4 Å². The Hall–Kier alpha value is -2.07. The molecule has 5 heteroatoms. The highest BCUT2D eigenvalue weighted by molar-refractivity contribution is 7.21. The molecule has 124 valence electrons. The minimum atomic E-state index is 0.399. The molecule has 0 saturated heterocycles. The third kappa shape index (κ3) is 3.64. The van der Waals surface area contributed by atoms with Crippen molar-refractivity contribution >= 4 is 44.8 Å². The summed E-state index contributed by atoms with van der Waals surface area (Å²) >= 11 is 13.8. The van der Waals surface area contributed by atoms with Crippen LogP contribution in [0.25, 0.3) is 20.8 Å². The van der Waals surface area contributed by atoms with Crippen molar-refractivity contribution < 1.29 is 4.74 Å². The summed E-state index contributed by atoms with van der Waals surface area (Å²) in [5, 5.41) is 2.24. The van der Waals surface area contributed by atoms with Gasteiger partial charge < -0.3 is 4.74 Å². The van der Waals surface area contributed by atoms with Crippen LogP contribution in [0.5, 0.6) is 5.75 Å². The SMILES string of the molecule is Clc1ccc(COc2ccc(-c3nc4ccccc4s3)cc2)c(Cl)c1. The molecule has 0 amide bonds. The fourth-order valence-electron chi connectivity index (χ4n) is 2.49. The zero-order chi connectivity index (χ0) is 17.2. The molecule has 0 N–H and O–H groups in total. The highest BCUT2D eigenvalue weighted by Gasteiger charge is 2.07. The third-order valence-corrected chi connectivity index (χ3v) is 5.48. The maximum atomic E-state index is 6.17. The normalized spacial score (nSPS) is 11.0. The minimum absolute atomic E-state index is 0.399. The van der Waals surface area contributed by atoms with E-state index in [4.69, 9.17) is 27.9 Å². The van der Waals surface area contributed by atoms with Crippen LogP contribution < -0.4 is 4.74 Å². The standard InChI is InChI=1S/C20H13Cl2NOS/c21-15-8-5-14(17(22)11-15)12-24-16-9-6-13(7-10-16)20-23-18-3-1-2-4-19(18)25-20/h1-11H,12H2. The van der Waals surface area contributed by atoms with Crippen molar-refractivity contribution in [1.29, 1.82) is 0 Å². The molecule has 0 aliphatic carbocycles. The van der Waals surface area contributed by atoms with Gasteiger partial charge in [0.2, 0.25) is 0 Å². The number of thiazole rings is 1. The molecule has 0 saturated carbocycles. The van der Waals surface area contributed by atoms with Gasteiger partial charge in [0, 0.05) is 21.2 Å². The lowest BCUT2D eigenvalue weighted by Gasteiger charge is -2.08. The summed E-state index contributed by atoms with van der Waals surface area (Å²) in [5.74, 6) is 0.788. The van der Waals surface area contributed by atoms with Gasteiger partial charge in [0.25, 0.3) is 0 Å². The van der Waals surface area contributed by atoms with E-state index in [9.17, 15) is 0 Å². The molecule has 25 heavy (non-hydrogen) atoms. The van der Waals surface area contributed by atoms with Crippen molar-refractivity contribution in [2.45, 2.75) is 6.61 Å². The predicted octanol–water partition coefficient (Wildman–Crippen LogP) is 6.85. The lowest BCUT2D eigenvalue weighted by molar-refractivity contribution is 0.306. The number of hydrogen-bond acceptors (Lipinski definition) is 3. The van der Waals surface area contributed by atoms with Gasteiger partial charge in [-0.2, -0.15) is 0 Å². The van der Waals surface area contributed by atoms with Crippen LogP contribution in [0.15, 0.2) is 66.7 Å². The summed E-state index contributed by atoms with van der Waals surface area (Å²) < 4.78 is 7.01. The van der Waals surface area contributed by atoms with Gasteiger partial charge in [0.1, 0.15) is 17.4 Å². The molecule has 3 aromatic carbocycles. The quantitative estimate of drug-likeness (QED) is 0.383. The molecule has 4 rings (SSSR count). The predicted molar refractivity (Wildman–Crippen MR) is 106 cm³/mol. The molecule has 1 heterocycles. The van der Waals surface area contributed by atoms with E-state index in [0.717, 1.165) is 27.4 Å². The summed E-state index contributed by atoms with van der Waals surface area (Å²) in [6.07, 6.45) is 0. The van der Waals surface area contributed by atoms with Crippen LogP contribution in [0.4, 0.5) is 0 Å². The van der Waals surface area contributed by atoms with Crippen molar-refractivity contribution in [3.8, 4) is 16.3 Å². The number of fused-ring (bicyclic) bond motifs is 1. The van der Waals surface area contributed by atoms with Gasteiger partial charge in [0.05, 0.1) is 10.2 Å². The van der Waals surface area contributed by atoms with Crippen LogP contribution in [-0.4, -0.2) is 4.98 Å². The van der Waals surface area contributed by atoms with E-state index in [2.05, 4.69) is 11.1 Å². The highest BCUT2D eigenvalue weighted by atomic mass is 35.5. The summed E-state index contributed by atoms with van der Waals surface area (Å²) in [6.45, 7) is 0.399. The minimum Gasteiger partial charge on any atom is -0.489 e. The van der Waals surface area contributed by atoms with Crippen LogP contribution in [0.1, 0.15) is 5.56 Å². The lowest BCUT2D eigenvalue weighted by atomic mass is 10.2. The molecular weight excluding hydrogens is 373 g/mol. The Morgan fingerprint density at radius 1 is 0.920 bits per heavy atom. The molecule has 0 aliphatic heterocycles. The Morgan fingerprint density at radius 3 is 2.48 bits per heavy atom. The number of nitrogens with zero attached hydrogens (tertiary/aromatic N) is 1. The van der Waals surface area contributed by atoms with E-state index in [0.29, 0.717) is 16.7 Å². The van der Waals surface area contributed by atoms with Crippen LogP contribution >= 0.6 is 34.5 Å². The summed E-state index contributed by atoms with van der Waals surface area (Å²) in [5.41, 5.74) is 3.01. The number of hydrogen-bond donors (Lipinski definition) is 0. The van der Waals surface area contributed by atoms with Crippen molar-refractivity contribution in [3.63, 3.8) is 0 Å². The van der Waals surface area contributed by atoms with Gasteiger partial charge >= 0.3 is 0 Å². The monoisotopic (exact) mass is 385 g/mol. The average Bonchev–Trinajstić information content (AvgIpc) is 3.05. The van der Waals surface area contributed by atoms with Gasteiger partial charge in [0.15, 0.2) is 0 Å². The molecule has 0 radical (unpaired) electrons. The zero-order valence-electron chi connectivity index (χ0n) is 13.1. The number of rotatable bonds is 4. The number of ether oxygens (including phenoxy) is 1. The van der Waals surface area contributed by atoms with E-state index >= 15 is 0 Å². The van der Waals surface area contributed by atoms with E-state index in [1.807, 2.05) is 54.6 Å². The average molecular weight is 386 g/mol. The van der Waals surface area contributed by atoms with Crippen LogP contribution in [0, 0.1) is 0 Å². The first-order valence-corrected chi connectivity index (χ1v) is 9.29. The Kier molecular flexibility index (Phi) is 4.62. The molecule has 0 bridgehead atoms. The fourth-order valence-corrected chi connectivity index (χ4v) is 3.92. The fraction of sp³-hybridized carbons (Fsp3) is 0.0500. The van der Waals surface area contributed by atoms with Gasteiger partial charge in [-0.3, -0.25) is 0 Å². The van der Waals surface area contributed by atoms with E-state index in [1.54, 1.807) is 17.4 Å². The molecule has 1 aromatic heterocycles. The molecule has 4 aromatic rings. The Balaban J connectivity index is 1.49. The van der Waals surface area contributed by atoms with Crippen molar-refractivity contribution in [2.75, 3.05) is 0 Å². The first kappa shape index (κ1) is 16.4. The molecular formula is C20H13Cl2NOS. The maximum absolute atomic E-state index is 6.17. The topological polar surface area (TPSA) is 22.1 Å². The zero-order valence-corrected chi connectivity index (χ0v) is 15.4. The van der Waals surface area contributed by atoms with Crippen molar-refractivity contribution in [2.24, 2.45) is 0 Å². The number of para-hydroxylation sites is 1. The van der Waals surface area contributed by atoms with Gasteiger partial charge in [-0.15, -0.1) is 11.3 Å². The second-order valence-corrected chi connectivity index (χ2v) is 7.41. The summed E-state index contributed by atoms with van der Waals surface area (Å²) in [4.78, 5) is 4.67. The van der Waals surface area contributed by atoms with E-state index in [-0.39, 0.29) is 0 Å². The second-order valence-electron chi connectivity index (χ2n) is 5.54. The first-order chi connectivity index (χ1) is 12.2. The number of aromatic nitrogens is 1. The Labute approximate surface area is 159 Å². The Bertz CT molecular complexity index is 994. The second kappa shape index (κ2) is 7.04.